The lowest BCUT2D eigenvalue weighted by Crippen LogP contribution is -2.56. The van der Waals surface area contributed by atoms with Crippen LogP contribution in [-0.2, 0) is 26.2 Å². The highest BCUT2D eigenvalue weighted by molar-refractivity contribution is 7.80. The van der Waals surface area contributed by atoms with Crippen molar-refractivity contribution < 1.29 is 0 Å². The molecule has 3 aromatic rings. The molecule has 152 valence electrons. The van der Waals surface area contributed by atoms with E-state index in [1.165, 1.54) is 22.3 Å². The quantitative estimate of drug-likeness (QED) is 0.596. The summed E-state index contributed by atoms with van der Waals surface area (Å²) in [6.45, 7) is 2.72. The summed E-state index contributed by atoms with van der Waals surface area (Å²) in [5.41, 5.74) is 4.91. The van der Waals surface area contributed by atoms with Gasteiger partial charge in [-0.1, -0.05) is 84.9 Å². The van der Waals surface area contributed by atoms with Crippen LogP contribution < -0.4 is 10.6 Å². The lowest BCUT2D eigenvalue weighted by molar-refractivity contribution is 0.0959. The van der Waals surface area contributed by atoms with Gasteiger partial charge in [0.05, 0.1) is 13.1 Å². The zero-order valence-electron chi connectivity index (χ0n) is 16.6. The Morgan fingerprint density at radius 1 is 0.600 bits per heavy atom. The summed E-state index contributed by atoms with van der Waals surface area (Å²) >= 11 is 11.5. The van der Waals surface area contributed by atoms with Crippen molar-refractivity contribution in [1.82, 2.24) is 20.7 Å². The molecule has 0 fully saturated rings. The smallest absolute Gasteiger partial charge is 0.188 e. The third-order valence-electron chi connectivity index (χ3n) is 5.09. The number of nitrogens with one attached hydrogen (secondary N) is 2. The average Bonchev–Trinajstić information content (AvgIpc) is 2.81. The van der Waals surface area contributed by atoms with Gasteiger partial charge in [0.25, 0.3) is 0 Å². The minimum atomic E-state index is 0.664. The van der Waals surface area contributed by atoms with Gasteiger partial charge in [0.2, 0.25) is 0 Å². The highest BCUT2D eigenvalue weighted by Gasteiger charge is 2.27. The predicted molar refractivity (Wildman–Crippen MR) is 129 cm³/mol. The van der Waals surface area contributed by atoms with E-state index in [-0.39, 0.29) is 0 Å². The molecular weight excluding hydrogens is 408 g/mol. The van der Waals surface area contributed by atoms with Crippen molar-refractivity contribution in [2.45, 2.75) is 26.2 Å². The van der Waals surface area contributed by atoms with Crippen LogP contribution in [0.5, 0.6) is 0 Å². The first-order chi connectivity index (χ1) is 14.7. The summed E-state index contributed by atoms with van der Waals surface area (Å²) in [4.78, 5) is 0. The second-order valence-corrected chi connectivity index (χ2v) is 7.95. The van der Waals surface area contributed by atoms with Crippen LogP contribution in [0.25, 0.3) is 0 Å². The van der Waals surface area contributed by atoms with Gasteiger partial charge in [0.15, 0.2) is 10.2 Å². The molecule has 3 aromatic carbocycles. The van der Waals surface area contributed by atoms with Gasteiger partial charge in [-0.2, -0.15) is 0 Å². The summed E-state index contributed by atoms with van der Waals surface area (Å²) in [6, 6.07) is 29.0. The summed E-state index contributed by atoms with van der Waals surface area (Å²) in [5.74, 6) is 0. The molecule has 0 aliphatic carbocycles. The predicted octanol–water partition coefficient (Wildman–Crippen LogP) is 4.37. The Labute approximate surface area is 188 Å². The summed E-state index contributed by atoms with van der Waals surface area (Å²) in [6.07, 6.45) is 0. The van der Waals surface area contributed by atoms with E-state index < -0.39 is 0 Å². The molecular formula is C24H24N4S2. The average molecular weight is 433 g/mol. The number of fused-ring (bicyclic) bond motifs is 1. The first-order valence-electron chi connectivity index (χ1n) is 9.96. The van der Waals surface area contributed by atoms with Gasteiger partial charge >= 0.3 is 0 Å². The molecule has 6 heteroatoms. The van der Waals surface area contributed by atoms with Gasteiger partial charge < -0.3 is 10.6 Å². The number of hydrogen-bond donors (Lipinski definition) is 2. The molecule has 0 saturated carbocycles. The number of hydrogen-bond acceptors (Lipinski definition) is 2. The minimum absolute atomic E-state index is 0.664. The molecule has 0 radical (unpaired) electrons. The van der Waals surface area contributed by atoms with Crippen molar-refractivity contribution in [2.24, 2.45) is 0 Å². The second kappa shape index (κ2) is 9.69. The van der Waals surface area contributed by atoms with Gasteiger partial charge in [-0.3, -0.25) is 10.0 Å². The third-order valence-corrected chi connectivity index (χ3v) is 5.80. The highest BCUT2D eigenvalue weighted by atomic mass is 32.1. The molecule has 0 unspecified atom stereocenters. The molecule has 0 spiro atoms. The molecule has 0 amide bonds. The zero-order valence-corrected chi connectivity index (χ0v) is 18.3. The van der Waals surface area contributed by atoms with Gasteiger partial charge in [-0.15, -0.1) is 0 Å². The van der Waals surface area contributed by atoms with Crippen LogP contribution in [0.1, 0.15) is 22.3 Å². The fourth-order valence-corrected chi connectivity index (χ4v) is 3.92. The number of thiocarbonyl (C=S) groups is 2. The van der Waals surface area contributed by atoms with Gasteiger partial charge in [-0.25, -0.2) is 0 Å². The van der Waals surface area contributed by atoms with Crippen LogP contribution in [0.2, 0.25) is 0 Å². The third kappa shape index (κ3) is 4.96. The van der Waals surface area contributed by atoms with Crippen molar-refractivity contribution in [3.63, 3.8) is 0 Å². The van der Waals surface area contributed by atoms with Crippen molar-refractivity contribution in [3.8, 4) is 0 Å². The number of nitrogens with zero attached hydrogens (tertiary/aromatic N) is 2. The van der Waals surface area contributed by atoms with E-state index >= 15 is 0 Å². The Balaban J connectivity index is 1.48. The standard InChI is InChI=1S/C24H24N4S2/c29-23(25-15-19-9-3-1-4-10-19)27-17-21-13-7-8-14-22(21)18-28(27)24(30)26-16-20-11-5-2-6-12-20/h1-14H,15-18H2,(H,25,29)(H,26,30). The molecule has 4 nitrogen and oxygen atoms in total. The Kier molecular flexibility index (Phi) is 6.57. The van der Waals surface area contributed by atoms with E-state index in [2.05, 4.69) is 69.2 Å². The maximum Gasteiger partial charge on any atom is 0.188 e. The zero-order chi connectivity index (χ0) is 20.8. The molecule has 0 aromatic heterocycles. The van der Waals surface area contributed by atoms with Crippen molar-refractivity contribution in [3.05, 3.63) is 107 Å². The van der Waals surface area contributed by atoms with E-state index in [4.69, 9.17) is 24.4 Å². The normalized spacial score (nSPS) is 12.8. The number of rotatable bonds is 4. The molecule has 2 N–H and O–H groups in total. The van der Waals surface area contributed by atoms with Crippen molar-refractivity contribution >= 4 is 34.7 Å². The molecule has 0 bridgehead atoms. The van der Waals surface area contributed by atoms with Crippen molar-refractivity contribution in [2.75, 3.05) is 0 Å². The van der Waals surface area contributed by atoms with Crippen LogP contribution in [0, 0.1) is 0 Å². The van der Waals surface area contributed by atoms with E-state index in [0.29, 0.717) is 36.4 Å². The molecule has 30 heavy (non-hydrogen) atoms. The lowest BCUT2D eigenvalue weighted by atomic mass is 10.1. The van der Waals surface area contributed by atoms with E-state index in [9.17, 15) is 0 Å². The topological polar surface area (TPSA) is 30.5 Å². The Morgan fingerprint density at radius 2 is 0.967 bits per heavy atom. The monoisotopic (exact) mass is 432 g/mol. The minimum Gasteiger partial charge on any atom is -0.357 e. The first-order valence-corrected chi connectivity index (χ1v) is 10.8. The number of benzene rings is 3. The van der Waals surface area contributed by atoms with E-state index in [0.717, 1.165) is 0 Å². The summed E-state index contributed by atoms with van der Waals surface area (Å²) in [5, 5.41) is 12.2. The van der Waals surface area contributed by atoms with Gasteiger partial charge in [0, 0.05) is 13.1 Å². The maximum atomic E-state index is 5.76. The Bertz CT molecular complexity index is 925. The lowest BCUT2D eigenvalue weighted by Gasteiger charge is -2.42. The SMILES string of the molecule is S=C(NCc1ccccc1)N1Cc2ccccc2CN1C(=S)NCc1ccccc1. The number of hydrazine groups is 1. The molecule has 1 heterocycles. The van der Waals surface area contributed by atoms with Crippen LogP contribution in [0.4, 0.5) is 0 Å². The van der Waals surface area contributed by atoms with E-state index in [1.54, 1.807) is 0 Å². The summed E-state index contributed by atoms with van der Waals surface area (Å²) < 4.78 is 0. The molecule has 4 rings (SSSR count). The highest BCUT2D eigenvalue weighted by Crippen LogP contribution is 2.23. The second-order valence-electron chi connectivity index (χ2n) is 7.17. The van der Waals surface area contributed by atoms with Crippen LogP contribution in [-0.4, -0.2) is 20.2 Å². The largest absolute Gasteiger partial charge is 0.357 e. The Morgan fingerprint density at radius 3 is 1.37 bits per heavy atom. The van der Waals surface area contributed by atoms with Gasteiger partial charge in [-0.05, 0) is 46.7 Å². The molecule has 1 aliphatic heterocycles. The fourth-order valence-electron chi connectivity index (χ4n) is 3.45. The van der Waals surface area contributed by atoms with Gasteiger partial charge in [0.1, 0.15) is 0 Å². The molecule has 0 saturated heterocycles. The Hall–Kier alpha value is -2.96. The van der Waals surface area contributed by atoms with Crippen LogP contribution in [0.15, 0.2) is 84.9 Å². The first kappa shape index (κ1) is 20.3. The maximum absolute atomic E-state index is 5.76. The van der Waals surface area contributed by atoms with E-state index in [1.807, 2.05) is 36.4 Å². The fraction of sp³-hybridized carbons (Fsp3) is 0.167. The molecule has 1 aliphatic rings. The molecule has 0 atom stereocenters. The van der Waals surface area contributed by atoms with Crippen molar-refractivity contribution in [1.29, 1.82) is 0 Å². The van der Waals surface area contributed by atoms with Crippen LogP contribution in [0.3, 0.4) is 0 Å². The summed E-state index contributed by atoms with van der Waals surface area (Å²) in [7, 11) is 0. The van der Waals surface area contributed by atoms with Crippen LogP contribution >= 0.6 is 24.4 Å².